The van der Waals surface area contributed by atoms with Crippen molar-refractivity contribution in [2.45, 2.75) is 40.7 Å². The van der Waals surface area contributed by atoms with Crippen molar-refractivity contribution in [2.24, 2.45) is 0 Å². The molecular weight excluding hydrogens is 138 g/mol. The van der Waals surface area contributed by atoms with Crippen LogP contribution in [-0.2, 0) is 6.54 Å². The van der Waals surface area contributed by atoms with Crippen molar-refractivity contribution in [2.75, 3.05) is 0 Å². The van der Waals surface area contributed by atoms with E-state index < -0.39 is 0 Å². The Morgan fingerprint density at radius 2 is 2.09 bits per heavy atom. The molecule has 1 aromatic heterocycles. The minimum absolute atomic E-state index is 0.850. The standard InChI is InChI=1S/C6H11N3.C2H6/c1-3-4-9-5-7-6(2)8-9;1-2/h5H,3-4H2,1-2H3;1-2H3. The molecule has 0 aromatic carbocycles. The fourth-order valence-corrected chi connectivity index (χ4v) is 0.725. The van der Waals surface area contributed by atoms with Gasteiger partial charge in [-0.3, -0.25) is 4.68 Å². The molecule has 0 aliphatic heterocycles. The van der Waals surface area contributed by atoms with Gasteiger partial charge in [-0.25, -0.2) is 4.98 Å². The van der Waals surface area contributed by atoms with Crippen LogP contribution in [-0.4, -0.2) is 14.8 Å². The van der Waals surface area contributed by atoms with Crippen LogP contribution in [0.25, 0.3) is 0 Å². The molecule has 0 saturated heterocycles. The van der Waals surface area contributed by atoms with Crippen molar-refractivity contribution in [3.63, 3.8) is 0 Å². The van der Waals surface area contributed by atoms with Crippen LogP contribution in [0.2, 0.25) is 0 Å². The van der Waals surface area contributed by atoms with E-state index in [4.69, 9.17) is 0 Å². The van der Waals surface area contributed by atoms with Gasteiger partial charge in [0.05, 0.1) is 0 Å². The van der Waals surface area contributed by atoms with Crippen molar-refractivity contribution in [3.8, 4) is 0 Å². The van der Waals surface area contributed by atoms with E-state index >= 15 is 0 Å². The quantitative estimate of drug-likeness (QED) is 0.654. The molecule has 0 N–H and O–H groups in total. The summed E-state index contributed by atoms with van der Waals surface area (Å²) in [5, 5.41) is 4.11. The first kappa shape index (κ1) is 10.1. The molecule has 0 unspecified atom stereocenters. The molecule has 64 valence electrons. The molecule has 1 rings (SSSR count). The van der Waals surface area contributed by atoms with Gasteiger partial charge >= 0.3 is 0 Å². The second kappa shape index (κ2) is 5.89. The van der Waals surface area contributed by atoms with Crippen LogP contribution in [0.4, 0.5) is 0 Å². The van der Waals surface area contributed by atoms with Gasteiger partial charge in [-0.2, -0.15) is 5.10 Å². The topological polar surface area (TPSA) is 30.7 Å². The highest BCUT2D eigenvalue weighted by Crippen LogP contribution is 1.87. The fraction of sp³-hybridized carbons (Fsp3) is 0.750. The summed E-state index contributed by atoms with van der Waals surface area (Å²) in [5.74, 6) is 0.850. The molecule has 0 radical (unpaired) electrons. The molecule has 0 saturated carbocycles. The molecule has 0 amide bonds. The Kier molecular flexibility index (Phi) is 5.43. The van der Waals surface area contributed by atoms with Gasteiger partial charge in [-0.1, -0.05) is 20.8 Å². The highest BCUT2D eigenvalue weighted by atomic mass is 15.3. The summed E-state index contributed by atoms with van der Waals surface area (Å²) in [7, 11) is 0. The van der Waals surface area contributed by atoms with Crippen LogP contribution in [0.3, 0.4) is 0 Å². The van der Waals surface area contributed by atoms with Crippen molar-refractivity contribution in [1.29, 1.82) is 0 Å². The first-order chi connectivity index (χ1) is 5.33. The number of aryl methyl sites for hydroxylation is 2. The molecule has 0 aliphatic carbocycles. The summed E-state index contributed by atoms with van der Waals surface area (Å²) in [5.41, 5.74) is 0. The lowest BCUT2D eigenvalue weighted by Crippen LogP contribution is -1.96. The molecule has 0 fully saturated rings. The van der Waals surface area contributed by atoms with Gasteiger partial charge in [0.2, 0.25) is 0 Å². The third-order valence-electron chi connectivity index (χ3n) is 1.10. The molecule has 0 spiro atoms. The summed E-state index contributed by atoms with van der Waals surface area (Å²) >= 11 is 0. The maximum atomic E-state index is 4.11. The average Bonchev–Trinajstić information content (AvgIpc) is 2.41. The average molecular weight is 155 g/mol. The second-order valence-electron chi connectivity index (χ2n) is 2.05. The van der Waals surface area contributed by atoms with Crippen molar-refractivity contribution >= 4 is 0 Å². The molecular formula is C8H17N3. The Morgan fingerprint density at radius 3 is 2.45 bits per heavy atom. The van der Waals surface area contributed by atoms with E-state index in [0.717, 1.165) is 18.8 Å². The smallest absolute Gasteiger partial charge is 0.147 e. The predicted molar refractivity (Wildman–Crippen MR) is 46.4 cm³/mol. The highest BCUT2D eigenvalue weighted by Gasteiger charge is 1.90. The Balaban J connectivity index is 0.000000461. The van der Waals surface area contributed by atoms with Crippen molar-refractivity contribution < 1.29 is 0 Å². The van der Waals surface area contributed by atoms with Gasteiger partial charge in [0.1, 0.15) is 12.2 Å². The van der Waals surface area contributed by atoms with E-state index in [1.165, 1.54) is 0 Å². The summed E-state index contributed by atoms with van der Waals surface area (Å²) in [4.78, 5) is 3.99. The van der Waals surface area contributed by atoms with E-state index in [2.05, 4.69) is 17.0 Å². The third kappa shape index (κ3) is 3.75. The molecule has 11 heavy (non-hydrogen) atoms. The first-order valence-electron chi connectivity index (χ1n) is 4.19. The van der Waals surface area contributed by atoms with E-state index in [1.54, 1.807) is 6.33 Å². The van der Waals surface area contributed by atoms with Crippen LogP contribution < -0.4 is 0 Å². The van der Waals surface area contributed by atoms with Crippen molar-refractivity contribution in [1.82, 2.24) is 14.8 Å². The van der Waals surface area contributed by atoms with Crippen LogP contribution in [0.1, 0.15) is 33.0 Å². The number of hydrogen-bond donors (Lipinski definition) is 0. The zero-order valence-electron chi connectivity index (χ0n) is 7.83. The van der Waals surface area contributed by atoms with Crippen LogP contribution >= 0.6 is 0 Å². The Bertz CT molecular complexity index is 181. The zero-order chi connectivity index (χ0) is 8.69. The predicted octanol–water partition coefficient (Wildman–Crippen LogP) is 2.02. The second-order valence-corrected chi connectivity index (χ2v) is 2.05. The molecule has 3 heteroatoms. The largest absolute Gasteiger partial charge is 0.253 e. The van der Waals surface area contributed by atoms with Crippen molar-refractivity contribution in [3.05, 3.63) is 12.2 Å². The van der Waals surface area contributed by atoms with Gasteiger partial charge in [-0.05, 0) is 13.3 Å². The van der Waals surface area contributed by atoms with E-state index in [9.17, 15) is 0 Å². The minimum atomic E-state index is 0.850. The van der Waals surface area contributed by atoms with E-state index in [-0.39, 0.29) is 0 Å². The molecule has 0 aliphatic rings. The van der Waals surface area contributed by atoms with Gasteiger partial charge < -0.3 is 0 Å². The lowest BCUT2D eigenvalue weighted by Gasteiger charge is -1.91. The zero-order valence-corrected chi connectivity index (χ0v) is 7.83. The van der Waals surface area contributed by atoms with Gasteiger partial charge in [0.25, 0.3) is 0 Å². The normalized spacial score (nSPS) is 8.73. The monoisotopic (exact) mass is 155 g/mol. The lowest BCUT2D eigenvalue weighted by molar-refractivity contribution is 0.597. The summed E-state index contributed by atoms with van der Waals surface area (Å²) in [6.07, 6.45) is 2.88. The summed E-state index contributed by atoms with van der Waals surface area (Å²) in [6.45, 7) is 8.99. The molecule has 3 nitrogen and oxygen atoms in total. The number of aromatic nitrogens is 3. The third-order valence-corrected chi connectivity index (χ3v) is 1.10. The van der Waals surface area contributed by atoms with Gasteiger partial charge in [0.15, 0.2) is 0 Å². The maximum absolute atomic E-state index is 4.11. The Morgan fingerprint density at radius 1 is 1.45 bits per heavy atom. The summed E-state index contributed by atoms with van der Waals surface area (Å²) in [6, 6.07) is 0. The molecule has 1 heterocycles. The van der Waals surface area contributed by atoms with E-state index in [1.807, 2.05) is 25.5 Å². The van der Waals surface area contributed by atoms with Gasteiger partial charge in [0, 0.05) is 6.54 Å². The molecule has 0 bridgehead atoms. The Hall–Kier alpha value is -0.860. The highest BCUT2D eigenvalue weighted by molar-refractivity contribution is 4.74. The van der Waals surface area contributed by atoms with Crippen LogP contribution in [0, 0.1) is 6.92 Å². The van der Waals surface area contributed by atoms with Crippen LogP contribution in [0.5, 0.6) is 0 Å². The van der Waals surface area contributed by atoms with Gasteiger partial charge in [-0.15, -0.1) is 0 Å². The summed E-state index contributed by atoms with van der Waals surface area (Å²) < 4.78 is 1.86. The number of nitrogens with zero attached hydrogens (tertiary/aromatic N) is 3. The van der Waals surface area contributed by atoms with Crippen LogP contribution in [0.15, 0.2) is 6.33 Å². The van der Waals surface area contributed by atoms with E-state index in [0.29, 0.717) is 0 Å². The Labute approximate surface area is 68.5 Å². The fourth-order valence-electron chi connectivity index (χ4n) is 0.725. The number of rotatable bonds is 2. The SMILES string of the molecule is CC.CCCn1cnc(C)n1. The lowest BCUT2D eigenvalue weighted by atomic mass is 10.5. The first-order valence-corrected chi connectivity index (χ1v) is 4.19. The molecule has 0 atom stereocenters. The number of hydrogen-bond acceptors (Lipinski definition) is 2. The minimum Gasteiger partial charge on any atom is -0.253 e. The maximum Gasteiger partial charge on any atom is 0.147 e. The molecule has 1 aromatic rings.